The Bertz CT molecular complexity index is 679. The molecule has 0 spiro atoms. The third-order valence-corrected chi connectivity index (χ3v) is 3.86. The minimum Gasteiger partial charge on any atom is -0.383 e. The molecule has 0 bridgehead atoms. The van der Waals surface area contributed by atoms with E-state index in [4.69, 9.17) is 11.6 Å². The lowest BCUT2D eigenvalue weighted by molar-refractivity contribution is 0.0616. The summed E-state index contributed by atoms with van der Waals surface area (Å²) < 4.78 is 1.67. The van der Waals surface area contributed by atoms with Crippen LogP contribution in [0.4, 0.5) is 0 Å². The van der Waals surface area contributed by atoms with Crippen LogP contribution in [0.25, 0.3) is 0 Å². The largest absolute Gasteiger partial charge is 0.383 e. The van der Waals surface area contributed by atoms with Crippen LogP contribution in [0.1, 0.15) is 25.0 Å². The van der Waals surface area contributed by atoms with Crippen molar-refractivity contribution in [2.45, 2.75) is 26.0 Å². The maximum Gasteiger partial charge on any atom is 0.191 e. The summed E-state index contributed by atoms with van der Waals surface area (Å²) in [6, 6.07) is 7.59. The normalized spacial score (nSPS) is 14.3. The molecule has 1 heterocycles. The second kappa shape index (κ2) is 8.17. The van der Waals surface area contributed by atoms with E-state index in [1.807, 2.05) is 38.2 Å². The number of guanidine groups is 1. The Labute approximate surface area is 147 Å². The van der Waals surface area contributed by atoms with Gasteiger partial charge in [-0.15, -0.1) is 0 Å². The summed E-state index contributed by atoms with van der Waals surface area (Å²) in [6.45, 7) is 5.34. The summed E-state index contributed by atoms with van der Waals surface area (Å²) in [4.78, 5) is 4.53. The molecular weight excluding hydrogens is 326 g/mol. The summed E-state index contributed by atoms with van der Waals surface area (Å²) in [5.41, 5.74) is 0.784. The van der Waals surface area contributed by atoms with E-state index in [2.05, 4.69) is 20.7 Å². The van der Waals surface area contributed by atoms with Crippen molar-refractivity contribution in [1.29, 1.82) is 0 Å². The number of aliphatic imine (C=N–C) groups is 1. The van der Waals surface area contributed by atoms with Crippen LogP contribution in [0.15, 0.2) is 41.7 Å². The molecule has 3 N–H and O–H groups in total. The molecule has 1 aromatic heterocycles. The molecule has 0 aliphatic carbocycles. The van der Waals surface area contributed by atoms with Crippen LogP contribution in [0.3, 0.4) is 0 Å². The van der Waals surface area contributed by atoms with Gasteiger partial charge in [0.2, 0.25) is 0 Å². The highest BCUT2D eigenvalue weighted by atomic mass is 35.5. The number of halogens is 1. The summed E-state index contributed by atoms with van der Waals surface area (Å²) in [5.74, 6) is 0.650. The molecule has 1 aromatic carbocycles. The summed E-state index contributed by atoms with van der Waals surface area (Å²) in [6.07, 6.45) is 3.47. The number of benzene rings is 1. The van der Waals surface area contributed by atoms with E-state index in [9.17, 15) is 5.11 Å². The molecule has 2 aromatic rings. The topological polar surface area (TPSA) is 74.5 Å². The van der Waals surface area contributed by atoms with Gasteiger partial charge in [-0.3, -0.25) is 4.68 Å². The van der Waals surface area contributed by atoms with Crippen LogP contribution in [0, 0.1) is 0 Å². The lowest BCUT2D eigenvalue weighted by Gasteiger charge is -2.23. The Kier molecular flexibility index (Phi) is 6.23. The second-order valence-electron chi connectivity index (χ2n) is 5.85. The molecule has 0 amide bonds. The highest BCUT2D eigenvalue weighted by Crippen LogP contribution is 2.18. The molecule has 0 radical (unpaired) electrons. The maximum atomic E-state index is 10.6. The third kappa shape index (κ3) is 5.25. The van der Waals surface area contributed by atoms with Gasteiger partial charge in [-0.25, -0.2) is 4.99 Å². The molecule has 0 fully saturated rings. The predicted molar refractivity (Wildman–Crippen MR) is 97.0 cm³/mol. The van der Waals surface area contributed by atoms with E-state index < -0.39 is 5.60 Å². The van der Waals surface area contributed by atoms with E-state index in [1.165, 1.54) is 0 Å². The minimum atomic E-state index is -1.04. The van der Waals surface area contributed by atoms with Crippen molar-refractivity contribution in [2.24, 2.45) is 12.0 Å². The van der Waals surface area contributed by atoms with Crippen LogP contribution >= 0.6 is 11.6 Å². The molecule has 0 saturated carbocycles. The zero-order valence-corrected chi connectivity index (χ0v) is 15.0. The molecule has 2 rings (SSSR count). The summed E-state index contributed by atoms with van der Waals surface area (Å²) in [7, 11) is 1.82. The fourth-order valence-electron chi connectivity index (χ4n) is 2.16. The fourth-order valence-corrected chi connectivity index (χ4v) is 2.29. The number of rotatable bonds is 6. The molecule has 0 aliphatic rings. The third-order valence-electron chi connectivity index (χ3n) is 3.60. The second-order valence-corrected chi connectivity index (χ2v) is 6.29. The summed E-state index contributed by atoms with van der Waals surface area (Å²) in [5, 5.41) is 21.8. The van der Waals surface area contributed by atoms with Gasteiger partial charge in [-0.2, -0.15) is 5.10 Å². The fraction of sp³-hybridized carbons (Fsp3) is 0.412. The lowest BCUT2D eigenvalue weighted by Crippen LogP contribution is -2.44. The first-order valence-electron chi connectivity index (χ1n) is 7.89. The van der Waals surface area contributed by atoms with Crippen LogP contribution in [-0.2, 0) is 19.2 Å². The number of nitrogens with one attached hydrogen (secondary N) is 2. The highest BCUT2D eigenvalue weighted by Gasteiger charge is 2.24. The van der Waals surface area contributed by atoms with E-state index in [1.54, 1.807) is 24.0 Å². The maximum absolute atomic E-state index is 10.6. The van der Waals surface area contributed by atoms with Gasteiger partial charge in [0.15, 0.2) is 5.96 Å². The van der Waals surface area contributed by atoms with Crippen LogP contribution < -0.4 is 10.6 Å². The van der Waals surface area contributed by atoms with Gasteiger partial charge in [0.05, 0.1) is 19.3 Å². The molecule has 7 heteroatoms. The lowest BCUT2D eigenvalue weighted by atomic mass is 10.00. The zero-order valence-electron chi connectivity index (χ0n) is 14.3. The van der Waals surface area contributed by atoms with Crippen molar-refractivity contribution in [3.8, 4) is 0 Å². The van der Waals surface area contributed by atoms with Crippen LogP contribution in [0.2, 0.25) is 5.02 Å². The standard InChI is InChI=1S/C17H24ClN5O/c1-4-19-16(20-9-13-5-7-15(18)8-6-13)21-12-17(2,24)14-10-22-23(3)11-14/h5-8,10-11,24H,4,9,12H2,1-3H3,(H2,19,20,21). The Morgan fingerprint density at radius 1 is 1.33 bits per heavy atom. The van der Waals surface area contributed by atoms with E-state index >= 15 is 0 Å². The van der Waals surface area contributed by atoms with Gasteiger partial charge in [0.25, 0.3) is 0 Å². The monoisotopic (exact) mass is 349 g/mol. The number of hydrogen-bond acceptors (Lipinski definition) is 3. The predicted octanol–water partition coefficient (Wildman–Crippen LogP) is 2.04. The number of aliphatic hydroxyl groups is 1. The smallest absolute Gasteiger partial charge is 0.191 e. The molecule has 130 valence electrons. The first-order chi connectivity index (χ1) is 11.4. The Hall–Kier alpha value is -2.05. The Morgan fingerprint density at radius 2 is 2.04 bits per heavy atom. The van der Waals surface area contributed by atoms with Crippen molar-refractivity contribution in [1.82, 2.24) is 20.4 Å². The van der Waals surface area contributed by atoms with Gasteiger partial charge >= 0.3 is 0 Å². The van der Waals surface area contributed by atoms with Gasteiger partial charge in [-0.1, -0.05) is 23.7 Å². The Balaban J connectivity index is 1.99. The molecule has 0 aliphatic heterocycles. The van der Waals surface area contributed by atoms with Crippen molar-refractivity contribution in [3.05, 3.63) is 52.8 Å². The van der Waals surface area contributed by atoms with E-state index in [0.29, 0.717) is 24.1 Å². The van der Waals surface area contributed by atoms with Gasteiger partial charge in [-0.05, 0) is 31.5 Å². The molecule has 1 unspecified atom stereocenters. The SMILES string of the molecule is CCNC(=NCc1ccc(Cl)cc1)NCC(C)(O)c1cnn(C)c1. The number of aromatic nitrogens is 2. The zero-order chi connectivity index (χ0) is 17.6. The van der Waals surface area contributed by atoms with Crippen LogP contribution in [0.5, 0.6) is 0 Å². The van der Waals surface area contributed by atoms with Gasteiger partial charge in [0, 0.05) is 30.4 Å². The number of nitrogens with zero attached hydrogens (tertiary/aromatic N) is 3. The van der Waals surface area contributed by atoms with Crippen LogP contribution in [-0.4, -0.2) is 33.9 Å². The Morgan fingerprint density at radius 3 is 2.62 bits per heavy atom. The molecule has 6 nitrogen and oxygen atoms in total. The van der Waals surface area contributed by atoms with Crippen molar-refractivity contribution >= 4 is 17.6 Å². The molecular formula is C17H24ClN5O. The van der Waals surface area contributed by atoms with E-state index in [-0.39, 0.29) is 0 Å². The number of aryl methyl sites for hydroxylation is 1. The first kappa shape index (κ1) is 18.3. The van der Waals surface area contributed by atoms with Crippen molar-refractivity contribution in [2.75, 3.05) is 13.1 Å². The highest BCUT2D eigenvalue weighted by molar-refractivity contribution is 6.30. The van der Waals surface area contributed by atoms with Crippen molar-refractivity contribution < 1.29 is 5.11 Å². The first-order valence-corrected chi connectivity index (χ1v) is 8.26. The van der Waals surface area contributed by atoms with Gasteiger partial charge in [0.1, 0.15) is 5.60 Å². The molecule has 1 atom stereocenters. The van der Waals surface area contributed by atoms with Gasteiger partial charge < -0.3 is 15.7 Å². The van der Waals surface area contributed by atoms with Crippen molar-refractivity contribution in [3.63, 3.8) is 0 Å². The quantitative estimate of drug-likeness (QED) is 0.551. The number of hydrogen-bond donors (Lipinski definition) is 3. The average molecular weight is 350 g/mol. The molecule has 0 saturated heterocycles. The average Bonchev–Trinajstić information content (AvgIpc) is 2.99. The summed E-state index contributed by atoms with van der Waals surface area (Å²) >= 11 is 5.89. The van der Waals surface area contributed by atoms with E-state index in [0.717, 1.165) is 17.7 Å². The molecule has 24 heavy (non-hydrogen) atoms. The minimum absolute atomic E-state index is 0.325.